The minimum Gasteiger partial charge on any atom is -0.381 e. The highest BCUT2D eigenvalue weighted by atomic mass is 32.2. The van der Waals surface area contributed by atoms with Gasteiger partial charge >= 0.3 is 0 Å². The first-order valence-electron chi connectivity index (χ1n) is 11.2. The van der Waals surface area contributed by atoms with Gasteiger partial charge in [0, 0.05) is 34.3 Å². The number of hydrogen-bond acceptors (Lipinski definition) is 4. The molecule has 5 rings (SSSR count). The van der Waals surface area contributed by atoms with Crippen molar-refractivity contribution in [1.82, 2.24) is 14.9 Å². The Bertz CT molecular complexity index is 1450. The monoisotopic (exact) mass is 452 g/mol. The summed E-state index contributed by atoms with van der Waals surface area (Å²) >= 11 is 1.76. The second-order valence-corrected chi connectivity index (χ2v) is 9.37. The number of fused-ring (bicyclic) bond motifs is 4. The van der Waals surface area contributed by atoms with Crippen LogP contribution >= 0.6 is 11.8 Å². The van der Waals surface area contributed by atoms with Crippen molar-refractivity contribution in [2.75, 3.05) is 38.8 Å². The molecule has 0 saturated carbocycles. The van der Waals surface area contributed by atoms with Crippen LogP contribution in [0.2, 0.25) is 0 Å². The van der Waals surface area contributed by atoms with Gasteiger partial charge in [0.05, 0.1) is 22.2 Å². The predicted octanol–water partition coefficient (Wildman–Crippen LogP) is 6.74. The maximum Gasteiger partial charge on any atom is 0.0986 e. The van der Waals surface area contributed by atoms with E-state index in [1.54, 1.807) is 11.8 Å². The molecule has 0 aliphatic carbocycles. The summed E-state index contributed by atoms with van der Waals surface area (Å²) in [6.07, 6.45) is 6.44. The van der Waals surface area contributed by atoms with E-state index in [-0.39, 0.29) is 0 Å². The fourth-order valence-electron chi connectivity index (χ4n) is 4.13. The maximum atomic E-state index is 5.04. The molecule has 2 N–H and O–H groups in total. The first-order chi connectivity index (χ1) is 16.1. The van der Waals surface area contributed by atoms with E-state index in [2.05, 4.69) is 114 Å². The largest absolute Gasteiger partial charge is 0.381 e. The molecule has 0 aliphatic rings. The number of nitrogens with one attached hydrogen (secondary N) is 2. The third-order valence-electron chi connectivity index (χ3n) is 5.90. The van der Waals surface area contributed by atoms with Gasteiger partial charge in [0.15, 0.2) is 0 Å². The van der Waals surface area contributed by atoms with E-state index >= 15 is 0 Å². The van der Waals surface area contributed by atoms with Crippen LogP contribution in [-0.2, 0) is 0 Å². The fraction of sp³-hybridized carbons (Fsp3) is 0.179. The zero-order valence-corrected chi connectivity index (χ0v) is 20.0. The van der Waals surface area contributed by atoms with E-state index in [0.29, 0.717) is 0 Å². The molecule has 2 aromatic heterocycles. The van der Waals surface area contributed by atoms with Crippen molar-refractivity contribution >= 4 is 62.4 Å². The van der Waals surface area contributed by atoms with Gasteiger partial charge in [0.2, 0.25) is 0 Å². The Morgan fingerprint density at radius 3 is 2.48 bits per heavy atom. The molecule has 166 valence electrons. The van der Waals surface area contributed by atoms with Gasteiger partial charge in [-0.1, -0.05) is 48.6 Å². The molecular formula is C28H28N4S. The molecule has 0 radical (unpaired) electrons. The molecule has 0 bridgehead atoms. The first kappa shape index (κ1) is 21.6. The summed E-state index contributed by atoms with van der Waals surface area (Å²) in [5.41, 5.74) is 7.66. The number of nitrogens with zero attached hydrogens (tertiary/aromatic N) is 2. The van der Waals surface area contributed by atoms with Crippen LogP contribution in [0.4, 0.5) is 5.69 Å². The third kappa shape index (κ3) is 4.47. The lowest BCUT2D eigenvalue weighted by molar-refractivity contribution is 0.425. The third-order valence-corrected chi connectivity index (χ3v) is 6.64. The number of hydrogen-bond donors (Lipinski definition) is 2. The predicted molar refractivity (Wildman–Crippen MR) is 145 cm³/mol. The Labute approximate surface area is 198 Å². The van der Waals surface area contributed by atoms with Gasteiger partial charge in [0.1, 0.15) is 0 Å². The summed E-state index contributed by atoms with van der Waals surface area (Å²) in [5.74, 6) is 0. The average molecular weight is 453 g/mol. The van der Waals surface area contributed by atoms with Crippen LogP contribution in [0.3, 0.4) is 0 Å². The Kier molecular flexibility index (Phi) is 6.07. The average Bonchev–Trinajstić information content (AvgIpc) is 3.21. The van der Waals surface area contributed by atoms with Crippen LogP contribution in [0, 0.1) is 0 Å². The number of anilines is 1. The van der Waals surface area contributed by atoms with Crippen LogP contribution in [0.5, 0.6) is 0 Å². The van der Waals surface area contributed by atoms with Crippen molar-refractivity contribution in [1.29, 1.82) is 0 Å². The summed E-state index contributed by atoms with van der Waals surface area (Å²) in [5, 5.41) is 5.98. The highest BCUT2D eigenvalue weighted by molar-refractivity contribution is 7.98. The number of H-pyrrole nitrogens is 1. The number of pyridine rings is 1. The molecule has 2 heterocycles. The molecule has 0 atom stereocenters. The van der Waals surface area contributed by atoms with Gasteiger partial charge in [-0.05, 0) is 61.8 Å². The second kappa shape index (κ2) is 9.30. The van der Waals surface area contributed by atoms with Crippen molar-refractivity contribution in [2.45, 2.75) is 4.90 Å². The van der Waals surface area contributed by atoms with Crippen LogP contribution in [0.15, 0.2) is 71.6 Å². The first-order valence-corrected chi connectivity index (χ1v) is 12.4. The van der Waals surface area contributed by atoms with Gasteiger partial charge in [0.25, 0.3) is 0 Å². The van der Waals surface area contributed by atoms with E-state index in [1.165, 1.54) is 10.5 Å². The molecule has 0 fully saturated rings. The van der Waals surface area contributed by atoms with Crippen molar-refractivity contribution in [3.05, 3.63) is 77.9 Å². The lowest BCUT2D eigenvalue weighted by Gasteiger charge is -2.14. The molecule has 4 nitrogen and oxygen atoms in total. The van der Waals surface area contributed by atoms with Gasteiger partial charge in [-0.2, -0.15) is 0 Å². The number of aromatic nitrogens is 2. The second-order valence-electron chi connectivity index (χ2n) is 8.49. The van der Waals surface area contributed by atoms with Gasteiger partial charge in [-0.25, -0.2) is 4.98 Å². The van der Waals surface area contributed by atoms with Gasteiger partial charge < -0.3 is 15.2 Å². The van der Waals surface area contributed by atoms with Crippen molar-refractivity contribution in [3.63, 3.8) is 0 Å². The zero-order valence-electron chi connectivity index (χ0n) is 19.2. The molecule has 0 unspecified atom stereocenters. The normalized spacial score (nSPS) is 12.0. The number of para-hydroxylation sites is 1. The van der Waals surface area contributed by atoms with E-state index < -0.39 is 0 Å². The number of benzene rings is 3. The maximum absolute atomic E-state index is 5.04. The smallest absolute Gasteiger partial charge is 0.0986 e. The molecule has 0 amide bonds. The van der Waals surface area contributed by atoms with Crippen LogP contribution < -0.4 is 5.32 Å². The number of likely N-dealkylation sites (N-methyl/N-ethyl adjacent to an activating group) is 1. The minimum atomic E-state index is 0.860. The lowest BCUT2D eigenvalue weighted by Crippen LogP contribution is -2.21. The standard InChI is InChI=1S/C28H28N4S/c1-32(2)17-16-29-26-23-18-20(9-8-19-10-13-21(33-3)14-11-19)12-15-25(23)30-27-22-6-4-5-7-24(22)31-28(26)27/h4-15,18,31H,16-17H2,1-3H3,(H,29,30)/b9-8+. The number of aromatic amines is 1. The van der Waals surface area contributed by atoms with Crippen LogP contribution in [-0.4, -0.2) is 48.3 Å². The molecule has 3 aromatic carbocycles. The Hall–Kier alpha value is -3.28. The molecular weight excluding hydrogens is 424 g/mol. The number of rotatable bonds is 7. The summed E-state index contributed by atoms with van der Waals surface area (Å²) in [4.78, 5) is 12.1. The molecule has 5 aromatic rings. The Morgan fingerprint density at radius 1 is 0.939 bits per heavy atom. The van der Waals surface area contributed by atoms with Gasteiger partial charge in [-0.3, -0.25) is 0 Å². The highest BCUT2D eigenvalue weighted by Gasteiger charge is 2.14. The van der Waals surface area contributed by atoms with Gasteiger partial charge in [-0.15, -0.1) is 11.8 Å². The summed E-state index contributed by atoms with van der Waals surface area (Å²) in [6, 6.07) is 23.5. The quantitative estimate of drug-likeness (QED) is 0.212. The Morgan fingerprint density at radius 2 is 1.70 bits per heavy atom. The number of thioether (sulfide) groups is 1. The lowest BCUT2D eigenvalue weighted by atomic mass is 10.1. The van der Waals surface area contributed by atoms with Crippen LogP contribution in [0.1, 0.15) is 11.1 Å². The fourth-order valence-corrected chi connectivity index (χ4v) is 4.54. The zero-order chi connectivity index (χ0) is 22.8. The van der Waals surface area contributed by atoms with Crippen LogP contribution in [0.25, 0.3) is 45.0 Å². The minimum absolute atomic E-state index is 0.860. The van der Waals surface area contributed by atoms with Crippen molar-refractivity contribution in [2.24, 2.45) is 0 Å². The van der Waals surface area contributed by atoms with Crippen molar-refractivity contribution in [3.8, 4) is 0 Å². The molecule has 0 aliphatic heterocycles. The summed E-state index contributed by atoms with van der Waals surface area (Å²) < 4.78 is 0. The highest BCUT2D eigenvalue weighted by Crippen LogP contribution is 2.35. The van der Waals surface area contributed by atoms with Crippen molar-refractivity contribution < 1.29 is 0 Å². The molecule has 0 spiro atoms. The van der Waals surface area contributed by atoms with E-state index in [4.69, 9.17) is 4.98 Å². The topological polar surface area (TPSA) is 44.0 Å². The molecule has 33 heavy (non-hydrogen) atoms. The summed E-state index contributed by atoms with van der Waals surface area (Å²) in [6.45, 7) is 1.82. The SMILES string of the molecule is CSc1ccc(/C=C/c2ccc3nc4c([nH]c5ccccc54)c(NCCN(C)C)c3c2)cc1. The van der Waals surface area contributed by atoms with E-state index in [1.807, 2.05) is 0 Å². The summed E-state index contributed by atoms with van der Waals surface area (Å²) in [7, 11) is 4.19. The molecule has 0 saturated heterocycles. The van der Waals surface area contributed by atoms with E-state index in [0.717, 1.165) is 57.2 Å². The van der Waals surface area contributed by atoms with E-state index in [9.17, 15) is 0 Å². The Balaban J connectivity index is 1.60. The molecule has 5 heteroatoms.